The molecule has 30 heavy (non-hydrogen) atoms. The van der Waals surface area contributed by atoms with E-state index in [1.54, 1.807) is 12.1 Å². The summed E-state index contributed by atoms with van der Waals surface area (Å²) in [5.74, 6) is -0.383. The summed E-state index contributed by atoms with van der Waals surface area (Å²) >= 11 is 5.11. The maximum atomic E-state index is 11.5. The summed E-state index contributed by atoms with van der Waals surface area (Å²) in [4.78, 5) is 11.2. The van der Waals surface area contributed by atoms with E-state index in [4.69, 9.17) is 22.4 Å². The summed E-state index contributed by atoms with van der Waals surface area (Å²) in [7, 11) is -3.28. The first-order valence-corrected chi connectivity index (χ1v) is 11.6. The highest BCUT2D eigenvalue weighted by molar-refractivity contribution is 7.89. The molecule has 3 aromatic rings. The van der Waals surface area contributed by atoms with Crippen molar-refractivity contribution in [1.82, 2.24) is 0 Å². The minimum Gasteiger partial charge on any atom is -0.503 e. The van der Waals surface area contributed by atoms with Gasteiger partial charge in [-0.15, -0.1) is 0 Å². The number of rotatable bonds is 7. The number of aryl methyl sites for hydroxylation is 2. The molecule has 3 N–H and O–H groups in total. The highest BCUT2D eigenvalue weighted by Gasteiger charge is 2.13. The standard InChI is InChI=1S/C22H21NO5S2/c1-30(26,27)13-18-12-20(29)21(24)19(28-18)11-4-14-2-5-15(6-3-14)16-7-9-17(10-8-16)22(23)25/h2-3,5-10,12,24H,4,11,13H2,1H3,(H2,23,25). The fraction of sp³-hybridized carbons (Fsp3) is 0.182. The molecule has 0 spiro atoms. The minimum absolute atomic E-state index is 0.131. The predicted octanol–water partition coefficient (Wildman–Crippen LogP) is 3.81. The molecule has 8 heteroatoms. The van der Waals surface area contributed by atoms with Gasteiger partial charge in [-0.3, -0.25) is 4.79 Å². The van der Waals surface area contributed by atoms with Gasteiger partial charge in [-0.1, -0.05) is 48.6 Å². The lowest BCUT2D eigenvalue weighted by Gasteiger charge is -2.08. The van der Waals surface area contributed by atoms with E-state index in [9.17, 15) is 18.3 Å². The van der Waals surface area contributed by atoms with Crippen LogP contribution in [0, 0.1) is 4.51 Å². The first-order chi connectivity index (χ1) is 14.1. The van der Waals surface area contributed by atoms with Crippen molar-refractivity contribution >= 4 is 28.0 Å². The Morgan fingerprint density at radius 1 is 1.03 bits per heavy atom. The Morgan fingerprint density at radius 3 is 2.13 bits per heavy atom. The topological polar surface area (TPSA) is 111 Å². The monoisotopic (exact) mass is 443 g/mol. The van der Waals surface area contributed by atoms with E-state index in [1.165, 1.54) is 6.07 Å². The number of hydrogen-bond acceptors (Lipinski definition) is 6. The normalized spacial score (nSPS) is 11.4. The van der Waals surface area contributed by atoms with E-state index < -0.39 is 15.7 Å². The molecule has 0 unspecified atom stereocenters. The van der Waals surface area contributed by atoms with Crippen molar-refractivity contribution in [2.75, 3.05) is 6.26 Å². The van der Waals surface area contributed by atoms with Gasteiger partial charge >= 0.3 is 0 Å². The molecule has 0 saturated carbocycles. The third kappa shape index (κ3) is 5.55. The van der Waals surface area contributed by atoms with Crippen LogP contribution in [0.3, 0.4) is 0 Å². The SMILES string of the molecule is CS(=O)(=O)Cc1cc(=S)c(O)c(CCc2ccc(-c3ccc(C(N)=O)cc3)cc2)o1. The van der Waals surface area contributed by atoms with Crippen LogP contribution in [0.2, 0.25) is 0 Å². The summed E-state index contributed by atoms with van der Waals surface area (Å²) in [6.07, 6.45) is 2.07. The lowest BCUT2D eigenvalue weighted by molar-refractivity contribution is 0.100. The molecule has 156 valence electrons. The zero-order chi connectivity index (χ0) is 21.9. The first-order valence-electron chi connectivity index (χ1n) is 9.14. The number of sulfone groups is 1. The van der Waals surface area contributed by atoms with Gasteiger partial charge in [0, 0.05) is 18.2 Å². The minimum atomic E-state index is -3.28. The molecule has 0 bridgehead atoms. The number of aromatic hydroxyl groups is 1. The van der Waals surface area contributed by atoms with Crippen molar-refractivity contribution < 1.29 is 22.7 Å². The highest BCUT2D eigenvalue weighted by Crippen LogP contribution is 2.25. The average Bonchev–Trinajstić information content (AvgIpc) is 2.69. The largest absolute Gasteiger partial charge is 0.503 e. The van der Waals surface area contributed by atoms with Crippen molar-refractivity contribution in [2.24, 2.45) is 5.73 Å². The summed E-state index contributed by atoms with van der Waals surface area (Å²) in [6.45, 7) is 0. The number of nitrogens with two attached hydrogens (primary N) is 1. The van der Waals surface area contributed by atoms with Gasteiger partial charge < -0.3 is 15.3 Å². The van der Waals surface area contributed by atoms with Crippen LogP contribution in [0.4, 0.5) is 0 Å². The number of amides is 1. The van der Waals surface area contributed by atoms with Gasteiger partial charge in [0.05, 0.1) is 4.51 Å². The smallest absolute Gasteiger partial charge is 0.248 e. The van der Waals surface area contributed by atoms with Crippen LogP contribution in [0.25, 0.3) is 11.1 Å². The summed E-state index contributed by atoms with van der Waals surface area (Å²) in [6, 6.07) is 16.3. The zero-order valence-electron chi connectivity index (χ0n) is 16.3. The number of carbonyl (C=O) groups is 1. The first kappa shape index (κ1) is 21.7. The molecule has 1 heterocycles. The second kappa shape index (κ2) is 8.81. The highest BCUT2D eigenvalue weighted by atomic mass is 32.2. The van der Waals surface area contributed by atoms with Gasteiger partial charge in [-0.25, -0.2) is 8.42 Å². The molecule has 0 saturated heterocycles. The fourth-order valence-corrected chi connectivity index (χ4v) is 3.94. The van der Waals surface area contributed by atoms with Crippen molar-refractivity contribution in [3.63, 3.8) is 0 Å². The summed E-state index contributed by atoms with van der Waals surface area (Å²) in [5.41, 5.74) is 8.69. The third-order valence-electron chi connectivity index (χ3n) is 4.55. The maximum Gasteiger partial charge on any atom is 0.248 e. The Morgan fingerprint density at radius 2 is 1.60 bits per heavy atom. The lowest BCUT2D eigenvalue weighted by atomic mass is 10.0. The Hall–Kier alpha value is -2.97. The van der Waals surface area contributed by atoms with Crippen LogP contribution >= 0.6 is 12.2 Å². The number of benzene rings is 2. The van der Waals surface area contributed by atoms with Crippen LogP contribution in [0.15, 0.2) is 59.0 Å². The van der Waals surface area contributed by atoms with E-state index in [1.807, 2.05) is 36.4 Å². The van der Waals surface area contributed by atoms with Gasteiger partial charge in [-0.2, -0.15) is 0 Å². The van der Waals surface area contributed by atoms with Crippen LogP contribution < -0.4 is 5.73 Å². The molecule has 3 rings (SSSR count). The zero-order valence-corrected chi connectivity index (χ0v) is 17.9. The molecule has 2 aromatic carbocycles. The van der Waals surface area contributed by atoms with Crippen molar-refractivity contribution in [3.8, 4) is 16.9 Å². The molecule has 1 aromatic heterocycles. The summed E-state index contributed by atoms with van der Waals surface area (Å²) < 4.78 is 28.8. The number of hydrogen-bond donors (Lipinski definition) is 2. The van der Waals surface area contributed by atoms with E-state index in [2.05, 4.69) is 0 Å². The summed E-state index contributed by atoms with van der Waals surface area (Å²) in [5, 5.41) is 10.2. The quantitative estimate of drug-likeness (QED) is 0.537. The van der Waals surface area contributed by atoms with Crippen LogP contribution in [0.5, 0.6) is 5.75 Å². The number of primary amides is 1. The van der Waals surface area contributed by atoms with Crippen molar-refractivity contribution in [1.29, 1.82) is 0 Å². The Kier molecular flexibility index (Phi) is 6.38. The van der Waals surface area contributed by atoms with Gasteiger partial charge in [0.25, 0.3) is 0 Å². The molecule has 1 amide bonds. The average molecular weight is 444 g/mol. The van der Waals surface area contributed by atoms with Crippen molar-refractivity contribution in [3.05, 3.63) is 81.8 Å². The van der Waals surface area contributed by atoms with Gasteiger partial charge in [0.1, 0.15) is 17.3 Å². The molecule has 0 aliphatic heterocycles. The second-order valence-corrected chi connectivity index (χ2v) is 9.64. The van der Waals surface area contributed by atoms with Gasteiger partial charge in [0.15, 0.2) is 15.6 Å². The van der Waals surface area contributed by atoms with E-state index in [0.717, 1.165) is 22.9 Å². The van der Waals surface area contributed by atoms with E-state index in [-0.39, 0.29) is 27.5 Å². The van der Waals surface area contributed by atoms with Gasteiger partial charge in [0.2, 0.25) is 5.91 Å². The Balaban J connectivity index is 1.73. The predicted molar refractivity (Wildman–Crippen MR) is 118 cm³/mol. The molecule has 0 fully saturated rings. The molecular formula is C22H21NO5S2. The molecule has 0 aliphatic carbocycles. The molecular weight excluding hydrogens is 422 g/mol. The molecule has 6 nitrogen and oxygen atoms in total. The van der Waals surface area contributed by atoms with E-state index in [0.29, 0.717) is 18.4 Å². The maximum absolute atomic E-state index is 11.5. The molecule has 0 radical (unpaired) electrons. The fourth-order valence-electron chi connectivity index (χ4n) is 3.04. The van der Waals surface area contributed by atoms with E-state index >= 15 is 0 Å². The number of carbonyl (C=O) groups excluding carboxylic acids is 1. The van der Waals surface area contributed by atoms with Crippen LogP contribution in [-0.2, 0) is 28.4 Å². The van der Waals surface area contributed by atoms with Crippen LogP contribution in [-0.4, -0.2) is 25.7 Å². The lowest BCUT2D eigenvalue weighted by Crippen LogP contribution is -2.10. The van der Waals surface area contributed by atoms with Crippen molar-refractivity contribution in [2.45, 2.75) is 18.6 Å². The molecule has 0 atom stereocenters. The van der Waals surface area contributed by atoms with Crippen LogP contribution in [0.1, 0.15) is 27.4 Å². The second-order valence-electron chi connectivity index (χ2n) is 7.06. The molecule has 0 aliphatic rings. The van der Waals surface area contributed by atoms with Gasteiger partial charge in [-0.05, 0) is 41.3 Å². The Labute approximate surface area is 179 Å². The Bertz CT molecular complexity index is 1230. The third-order valence-corrected chi connectivity index (χ3v) is 5.67.